The molecule has 0 aliphatic carbocycles. The lowest BCUT2D eigenvalue weighted by Gasteiger charge is -2.42. The van der Waals surface area contributed by atoms with Crippen LogP contribution in [0.4, 0.5) is 0 Å². The predicted octanol–water partition coefficient (Wildman–Crippen LogP) is 1.99. The Balaban J connectivity index is 3.92. The average Bonchev–Trinajstić information content (AvgIpc) is 1.86. The summed E-state index contributed by atoms with van der Waals surface area (Å²) >= 11 is 0. The lowest BCUT2D eigenvalue weighted by atomic mass is 9.96. The zero-order valence-electron chi connectivity index (χ0n) is 6.77. The third kappa shape index (κ3) is 1.95. The first-order valence-corrected chi connectivity index (χ1v) is 3.47. The molecule has 0 fully saturated rings. The van der Waals surface area contributed by atoms with Crippen LogP contribution in [0.3, 0.4) is 0 Å². The average molecular weight is 130 g/mol. The standard InChI is InChI=1S/C7H16NO/c1-5-7(3,6-2)8(4)9/h5-6H2,1-4H3/q-1. The van der Waals surface area contributed by atoms with Crippen molar-refractivity contribution in [1.29, 1.82) is 0 Å². The highest BCUT2D eigenvalue weighted by molar-refractivity contribution is 4.81. The number of rotatable bonds is 3. The van der Waals surface area contributed by atoms with Gasteiger partial charge in [-0.05, 0) is 26.8 Å². The molecular weight excluding hydrogens is 114 g/mol. The Labute approximate surface area is 57.4 Å². The number of hydrogen-bond acceptors (Lipinski definition) is 2. The Kier molecular flexibility index (Phi) is 3.15. The lowest BCUT2D eigenvalue weighted by Crippen LogP contribution is -2.38. The molecule has 0 saturated carbocycles. The van der Waals surface area contributed by atoms with Crippen molar-refractivity contribution in [2.45, 2.75) is 39.2 Å². The molecule has 0 heterocycles. The molecule has 0 rings (SSSR count). The van der Waals surface area contributed by atoms with Crippen molar-refractivity contribution in [3.8, 4) is 0 Å². The Bertz CT molecular complexity index is 77.0. The zero-order chi connectivity index (χ0) is 7.49. The summed E-state index contributed by atoms with van der Waals surface area (Å²) in [6.07, 6.45) is 1.84. The summed E-state index contributed by atoms with van der Waals surface area (Å²) in [5.74, 6) is 0. The van der Waals surface area contributed by atoms with E-state index in [2.05, 4.69) is 0 Å². The van der Waals surface area contributed by atoms with Crippen molar-refractivity contribution in [2.24, 2.45) is 0 Å². The van der Waals surface area contributed by atoms with E-state index in [0.29, 0.717) is 0 Å². The van der Waals surface area contributed by atoms with Crippen LogP contribution >= 0.6 is 0 Å². The highest BCUT2D eigenvalue weighted by Crippen LogP contribution is 2.19. The summed E-state index contributed by atoms with van der Waals surface area (Å²) in [4.78, 5) is 0. The molecule has 2 heteroatoms. The minimum Gasteiger partial charge on any atom is -0.785 e. The van der Waals surface area contributed by atoms with E-state index in [9.17, 15) is 5.21 Å². The Morgan fingerprint density at radius 3 is 1.67 bits per heavy atom. The minimum atomic E-state index is -0.139. The van der Waals surface area contributed by atoms with Gasteiger partial charge in [0.25, 0.3) is 0 Å². The molecule has 0 amide bonds. The monoisotopic (exact) mass is 130 g/mol. The van der Waals surface area contributed by atoms with Crippen molar-refractivity contribution in [1.82, 2.24) is 5.06 Å². The van der Waals surface area contributed by atoms with Gasteiger partial charge in [0.2, 0.25) is 0 Å². The second kappa shape index (κ2) is 3.18. The summed E-state index contributed by atoms with van der Waals surface area (Å²) in [5.41, 5.74) is -0.139. The number of nitrogens with zero attached hydrogens (tertiary/aromatic N) is 1. The van der Waals surface area contributed by atoms with Crippen molar-refractivity contribution < 1.29 is 0 Å². The van der Waals surface area contributed by atoms with Gasteiger partial charge in [0.1, 0.15) is 0 Å². The van der Waals surface area contributed by atoms with Crippen LogP contribution in [0.15, 0.2) is 0 Å². The van der Waals surface area contributed by atoms with Gasteiger partial charge in [0.05, 0.1) is 0 Å². The molecule has 0 aliphatic heterocycles. The van der Waals surface area contributed by atoms with E-state index in [1.165, 1.54) is 0 Å². The second-order valence-electron chi connectivity index (χ2n) is 2.70. The molecule has 0 atom stereocenters. The number of hydroxylamine groups is 2. The molecule has 0 radical (unpaired) electrons. The molecule has 0 N–H and O–H groups in total. The smallest absolute Gasteiger partial charge is 0.00544 e. The highest BCUT2D eigenvalue weighted by Gasteiger charge is 2.17. The first kappa shape index (κ1) is 8.92. The van der Waals surface area contributed by atoms with Gasteiger partial charge in [0, 0.05) is 5.54 Å². The van der Waals surface area contributed by atoms with Crippen LogP contribution in [-0.4, -0.2) is 17.6 Å². The third-order valence-corrected chi connectivity index (χ3v) is 2.28. The van der Waals surface area contributed by atoms with Crippen LogP contribution in [0.5, 0.6) is 0 Å². The molecule has 0 spiro atoms. The molecule has 0 aromatic heterocycles. The summed E-state index contributed by atoms with van der Waals surface area (Å²) in [6, 6.07) is 0. The first-order valence-electron chi connectivity index (χ1n) is 3.47. The van der Waals surface area contributed by atoms with Gasteiger partial charge in [-0.2, -0.15) is 0 Å². The van der Waals surface area contributed by atoms with Gasteiger partial charge >= 0.3 is 0 Å². The van der Waals surface area contributed by atoms with E-state index in [1.54, 1.807) is 7.05 Å². The van der Waals surface area contributed by atoms with Crippen molar-refractivity contribution in [3.63, 3.8) is 0 Å². The van der Waals surface area contributed by atoms with E-state index in [1.807, 2.05) is 20.8 Å². The second-order valence-corrected chi connectivity index (χ2v) is 2.70. The van der Waals surface area contributed by atoms with Crippen LogP contribution in [0, 0.1) is 5.21 Å². The molecule has 0 bridgehead atoms. The van der Waals surface area contributed by atoms with Crippen molar-refractivity contribution >= 4 is 0 Å². The van der Waals surface area contributed by atoms with E-state index >= 15 is 0 Å². The van der Waals surface area contributed by atoms with Gasteiger partial charge in [-0.25, -0.2) is 0 Å². The lowest BCUT2D eigenvalue weighted by molar-refractivity contribution is 0.187. The molecule has 56 valence electrons. The van der Waals surface area contributed by atoms with Crippen molar-refractivity contribution in [3.05, 3.63) is 5.21 Å². The quantitative estimate of drug-likeness (QED) is 0.546. The maximum atomic E-state index is 10.8. The molecule has 9 heavy (non-hydrogen) atoms. The maximum absolute atomic E-state index is 10.8. The van der Waals surface area contributed by atoms with Crippen LogP contribution in [0.25, 0.3) is 0 Å². The van der Waals surface area contributed by atoms with Gasteiger partial charge in [-0.1, -0.05) is 13.8 Å². The van der Waals surface area contributed by atoms with Gasteiger partial charge in [-0.15, -0.1) is 0 Å². The zero-order valence-corrected chi connectivity index (χ0v) is 6.77. The summed E-state index contributed by atoms with van der Waals surface area (Å²) in [7, 11) is 1.59. The van der Waals surface area contributed by atoms with Crippen LogP contribution in [0.1, 0.15) is 33.6 Å². The topological polar surface area (TPSA) is 26.3 Å². The highest BCUT2D eigenvalue weighted by atomic mass is 16.5. The van der Waals surface area contributed by atoms with Gasteiger partial charge in [-0.3, -0.25) is 0 Å². The van der Waals surface area contributed by atoms with E-state index in [-0.39, 0.29) is 5.54 Å². The Hall–Kier alpha value is -0.0800. The normalized spacial score (nSPS) is 12.7. The van der Waals surface area contributed by atoms with E-state index in [4.69, 9.17) is 0 Å². The van der Waals surface area contributed by atoms with Gasteiger partial charge < -0.3 is 10.3 Å². The van der Waals surface area contributed by atoms with E-state index in [0.717, 1.165) is 17.9 Å². The molecular formula is C7H16NO-. The fraction of sp³-hybridized carbons (Fsp3) is 1.00. The van der Waals surface area contributed by atoms with Crippen LogP contribution in [-0.2, 0) is 0 Å². The summed E-state index contributed by atoms with van der Waals surface area (Å²) in [6.45, 7) is 6.07. The molecule has 0 aromatic rings. The fourth-order valence-corrected chi connectivity index (χ4v) is 0.695. The Morgan fingerprint density at radius 2 is 1.67 bits per heavy atom. The number of hydrogen-bond donors (Lipinski definition) is 0. The Morgan fingerprint density at radius 1 is 1.33 bits per heavy atom. The first-order chi connectivity index (χ1) is 4.06. The largest absolute Gasteiger partial charge is 0.785 e. The molecule has 2 nitrogen and oxygen atoms in total. The van der Waals surface area contributed by atoms with Gasteiger partial charge in [0.15, 0.2) is 0 Å². The molecule has 0 aliphatic rings. The summed E-state index contributed by atoms with van der Waals surface area (Å²) in [5, 5.41) is 11.9. The fourth-order valence-electron chi connectivity index (χ4n) is 0.695. The maximum Gasteiger partial charge on any atom is 0.00544 e. The molecule has 0 unspecified atom stereocenters. The van der Waals surface area contributed by atoms with Crippen LogP contribution in [0.2, 0.25) is 0 Å². The third-order valence-electron chi connectivity index (χ3n) is 2.28. The minimum absolute atomic E-state index is 0.139. The van der Waals surface area contributed by atoms with Crippen molar-refractivity contribution in [2.75, 3.05) is 7.05 Å². The van der Waals surface area contributed by atoms with E-state index < -0.39 is 0 Å². The predicted molar refractivity (Wildman–Crippen MR) is 40.1 cm³/mol. The molecule has 0 aromatic carbocycles. The SMILES string of the molecule is CCC(C)(CC)N(C)[O-]. The molecule has 0 saturated heterocycles. The van der Waals surface area contributed by atoms with Crippen LogP contribution < -0.4 is 0 Å². The summed E-state index contributed by atoms with van der Waals surface area (Å²) < 4.78 is 0.